The zero-order valence-corrected chi connectivity index (χ0v) is 20.6. The van der Waals surface area contributed by atoms with Crippen molar-refractivity contribution in [2.45, 2.75) is 91.3 Å². The highest BCUT2D eigenvalue weighted by atomic mass is 16.2. The number of nitrogens with zero attached hydrogens (tertiary/aromatic N) is 5. The van der Waals surface area contributed by atoms with Gasteiger partial charge < -0.3 is 9.80 Å². The van der Waals surface area contributed by atoms with E-state index >= 15 is 0 Å². The van der Waals surface area contributed by atoms with Gasteiger partial charge >= 0.3 is 0 Å². The number of hydrogen-bond acceptors (Lipinski definition) is 6. The van der Waals surface area contributed by atoms with Crippen molar-refractivity contribution < 1.29 is 9.59 Å². The van der Waals surface area contributed by atoms with E-state index in [-0.39, 0.29) is 11.8 Å². The number of likely N-dealkylation sites (tertiary alicyclic amines) is 1. The normalized spacial score (nSPS) is 23.9. The molecule has 2 fully saturated rings. The standard InChI is InChI=1S/C25H41N5O2/c1-6-18(5)29-16-21(7-2)30(22(8-3)17-29)25-26-14-20(15-27-25)24(32)28-12-10-19(11-13-28)23(31)9-4/h14-15,18-19,21-22H,6-13,16-17H2,1-5H3. The summed E-state index contributed by atoms with van der Waals surface area (Å²) in [5.74, 6) is 1.12. The third-order valence-corrected chi connectivity index (χ3v) is 7.54. The zero-order valence-electron chi connectivity index (χ0n) is 20.6. The summed E-state index contributed by atoms with van der Waals surface area (Å²) in [6, 6.07) is 1.33. The Kier molecular flexibility index (Phi) is 8.63. The van der Waals surface area contributed by atoms with E-state index in [1.54, 1.807) is 12.4 Å². The summed E-state index contributed by atoms with van der Waals surface area (Å²) in [6.45, 7) is 14.2. The maximum atomic E-state index is 13.0. The Morgan fingerprint density at radius 1 is 1.00 bits per heavy atom. The minimum atomic E-state index is -0.0281. The number of piperazine rings is 1. The lowest BCUT2D eigenvalue weighted by molar-refractivity contribution is -0.123. The molecule has 32 heavy (non-hydrogen) atoms. The van der Waals surface area contributed by atoms with Crippen molar-refractivity contribution in [3.8, 4) is 0 Å². The van der Waals surface area contributed by atoms with Gasteiger partial charge in [0.15, 0.2) is 0 Å². The first kappa shape index (κ1) is 24.6. The highest BCUT2D eigenvalue weighted by molar-refractivity contribution is 5.94. The Morgan fingerprint density at radius 2 is 1.56 bits per heavy atom. The van der Waals surface area contributed by atoms with Crippen LogP contribution in [-0.2, 0) is 4.79 Å². The number of piperidine rings is 1. The van der Waals surface area contributed by atoms with Gasteiger partial charge in [0.1, 0.15) is 5.78 Å². The molecule has 2 saturated heterocycles. The van der Waals surface area contributed by atoms with Gasteiger partial charge in [-0.05, 0) is 39.0 Å². The van der Waals surface area contributed by atoms with Crippen molar-refractivity contribution in [1.29, 1.82) is 0 Å². The molecule has 0 N–H and O–H groups in total. The largest absolute Gasteiger partial charge is 0.339 e. The molecule has 7 nitrogen and oxygen atoms in total. The van der Waals surface area contributed by atoms with Gasteiger partial charge in [0.05, 0.1) is 5.56 Å². The van der Waals surface area contributed by atoms with Crippen LogP contribution in [0.3, 0.4) is 0 Å². The van der Waals surface area contributed by atoms with Crippen LogP contribution in [0.25, 0.3) is 0 Å². The number of aromatic nitrogens is 2. The van der Waals surface area contributed by atoms with Gasteiger partial charge in [-0.1, -0.05) is 27.7 Å². The molecule has 0 radical (unpaired) electrons. The molecule has 0 saturated carbocycles. The Balaban J connectivity index is 1.69. The number of rotatable bonds is 8. The summed E-state index contributed by atoms with van der Waals surface area (Å²) in [5, 5.41) is 0. The molecule has 2 aliphatic heterocycles. The Hall–Kier alpha value is -2.02. The van der Waals surface area contributed by atoms with Crippen LogP contribution in [0.15, 0.2) is 12.4 Å². The molecule has 3 unspecified atom stereocenters. The van der Waals surface area contributed by atoms with Crippen LogP contribution in [0.2, 0.25) is 0 Å². The first-order valence-electron chi connectivity index (χ1n) is 12.6. The SMILES string of the molecule is CCC(=O)C1CCN(C(=O)c2cnc(N3C(CC)CN(C(C)CC)CC3CC)nc2)CC1. The smallest absolute Gasteiger partial charge is 0.256 e. The maximum absolute atomic E-state index is 13.0. The molecule has 7 heteroatoms. The van der Waals surface area contributed by atoms with Gasteiger partial charge in [-0.3, -0.25) is 14.5 Å². The first-order valence-corrected chi connectivity index (χ1v) is 12.6. The highest BCUT2D eigenvalue weighted by Crippen LogP contribution is 2.27. The van der Waals surface area contributed by atoms with Crippen LogP contribution in [-0.4, -0.2) is 75.8 Å². The summed E-state index contributed by atoms with van der Waals surface area (Å²) >= 11 is 0. The van der Waals surface area contributed by atoms with E-state index in [4.69, 9.17) is 0 Å². The quantitative estimate of drug-likeness (QED) is 0.609. The molecule has 3 atom stereocenters. The summed E-state index contributed by atoms with van der Waals surface area (Å²) in [7, 11) is 0. The molecule has 178 valence electrons. The second kappa shape index (κ2) is 11.2. The van der Waals surface area contributed by atoms with Crippen LogP contribution in [0, 0.1) is 5.92 Å². The predicted molar refractivity (Wildman–Crippen MR) is 128 cm³/mol. The number of carbonyl (C=O) groups excluding carboxylic acids is 2. The van der Waals surface area contributed by atoms with Crippen LogP contribution < -0.4 is 4.90 Å². The van der Waals surface area contributed by atoms with Crippen molar-refractivity contribution >= 4 is 17.6 Å². The van der Waals surface area contributed by atoms with Crippen molar-refractivity contribution in [1.82, 2.24) is 19.8 Å². The van der Waals surface area contributed by atoms with Crippen molar-refractivity contribution in [2.24, 2.45) is 5.92 Å². The first-order chi connectivity index (χ1) is 15.4. The highest BCUT2D eigenvalue weighted by Gasteiger charge is 2.36. The Morgan fingerprint density at radius 3 is 2.03 bits per heavy atom. The average Bonchev–Trinajstić information content (AvgIpc) is 2.86. The number of Topliss-reactive ketones (excluding diaryl/α,β-unsaturated/α-hetero) is 1. The monoisotopic (exact) mass is 443 g/mol. The summed E-state index contributed by atoms with van der Waals surface area (Å²) < 4.78 is 0. The molecule has 3 rings (SSSR count). The van der Waals surface area contributed by atoms with Gasteiger partial charge in [0.25, 0.3) is 5.91 Å². The molecular formula is C25H41N5O2. The van der Waals surface area contributed by atoms with Crippen LogP contribution in [0.4, 0.5) is 5.95 Å². The average molecular weight is 444 g/mol. The number of carbonyl (C=O) groups is 2. The lowest BCUT2D eigenvalue weighted by atomic mass is 9.91. The van der Waals surface area contributed by atoms with E-state index in [1.807, 2.05) is 11.8 Å². The van der Waals surface area contributed by atoms with E-state index in [0.717, 1.165) is 51.1 Å². The molecule has 1 amide bonds. The molecule has 1 aromatic rings. The van der Waals surface area contributed by atoms with Gasteiger partial charge in [-0.25, -0.2) is 9.97 Å². The van der Waals surface area contributed by atoms with E-state index in [9.17, 15) is 9.59 Å². The van der Waals surface area contributed by atoms with E-state index < -0.39 is 0 Å². The van der Waals surface area contributed by atoms with E-state index in [2.05, 4.69) is 47.5 Å². The van der Waals surface area contributed by atoms with E-state index in [0.29, 0.717) is 49.0 Å². The summed E-state index contributed by atoms with van der Waals surface area (Å²) in [5.41, 5.74) is 0.536. The second-order valence-electron chi connectivity index (χ2n) is 9.40. The molecular weight excluding hydrogens is 402 g/mol. The molecule has 3 heterocycles. The van der Waals surface area contributed by atoms with Crippen LogP contribution >= 0.6 is 0 Å². The lowest BCUT2D eigenvalue weighted by Gasteiger charge is -2.48. The van der Waals surface area contributed by atoms with Crippen molar-refractivity contribution in [3.63, 3.8) is 0 Å². The molecule has 0 aliphatic carbocycles. The molecule has 2 aliphatic rings. The maximum Gasteiger partial charge on any atom is 0.256 e. The van der Waals surface area contributed by atoms with Crippen LogP contribution in [0.1, 0.15) is 83.5 Å². The second-order valence-corrected chi connectivity index (χ2v) is 9.40. The lowest BCUT2D eigenvalue weighted by Crippen LogP contribution is -2.60. The summed E-state index contributed by atoms with van der Waals surface area (Å²) in [6.07, 6.45) is 8.71. The van der Waals surface area contributed by atoms with Gasteiger partial charge in [-0.15, -0.1) is 0 Å². The minimum Gasteiger partial charge on any atom is -0.339 e. The Labute approximate surface area is 193 Å². The number of anilines is 1. The topological polar surface area (TPSA) is 69.6 Å². The number of amides is 1. The number of ketones is 1. The fourth-order valence-corrected chi connectivity index (χ4v) is 5.13. The van der Waals surface area contributed by atoms with Gasteiger partial charge in [0.2, 0.25) is 5.95 Å². The third kappa shape index (κ3) is 5.30. The molecule has 0 bridgehead atoms. The van der Waals surface area contributed by atoms with Crippen LogP contribution in [0.5, 0.6) is 0 Å². The minimum absolute atomic E-state index is 0.0281. The molecule has 0 spiro atoms. The Bertz CT molecular complexity index is 746. The van der Waals surface area contributed by atoms with E-state index in [1.165, 1.54) is 0 Å². The molecule has 1 aromatic heterocycles. The van der Waals surface area contributed by atoms with Gasteiger partial charge in [-0.2, -0.15) is 0 Å². The fraction of sp³-hybridized carbons (Fsp3) is 0.760. The predicted octanol–water partition coefficient (Wildman–Crippen LogP) is 3.79. The fourth-order valence-electron chi connectivity index (χ4n) is 5.13. The number of hydrogen-bond donors (Lipinski definition) is 0. The van der Waals surface area contributed by atoms with Crippen molar-refractivity contribution in [2.75, 3.05) is 31.1 Å². The zero-order chi connectivity index (χ0) is 23.3. The van der Waals surface area contributed by atoms with Gasteiger partial charge in [0, 0.05) is 69.0 Å². The third-order valence-electron chi connectivity index (χ3n) is 7.54. The van der Waals surface area contributed by atoms with Crippen molar-refractivity contribution in [3.05, 3.63) is 18.0 Å². The molecule has 0 aromatic carbocycles. The summed E-state index contributed by atoms with van der Waals surface area (Å²) in [4.78, 5) is 41.0.